The Kier molecular flexibility index (Phi) is 4.01. The molecule has 2 N–H and O–H groups in total. The number of halogens is 1. The van der Waals surface area contributed by atoms with Crippen LogP contribution in [0.15, 0.2) is 18.2 Å². The summed E-state index contributed by atoms with van der Waals surface area (Å²) in [5, 5.41) is 0.729. The van der Waals surface area contributed by atoms with Gasteiger partial charge in [-0.1, -0.05) is 13.8 Å². The summed E-state index contributed by atoms with van der Waals surface area (Å²) in [7, 11) is 0. The minimum atomic E-state index is -0.468. The number of hydrogen-bond donors (Lipinski definition) is 1. The molecule has 0 radical (unpaired) electrons. The van der Waals surface area contributed by atoms with Crippen molar-refractivity contribution in [2.45, 2.75) is 20.8 Å². The van der Waals surface area contributed by atoms with E-state index in [-0.39, 0.29) is 5.82 Å². The lowest BCUT2D eigenvalue weighted by molar-refractivity contribution is 0.100. The molecule has 2 nitrogen and oxygen atoms in total. The molecule has 0 atom stereocenters. The van der Waals surface area contributed by atoms with Gasteiger partial charge in [0, 0.05) is 4.70 Å². The van der Waals surface area contributed by atoms with E-state index in [1.807, 2.05) is 13.8 Å². The van der Waals surface area contributed by atoms with Crippen LogP contribution in [0.25, 0.3) is 10.1 Å². The van der Waals surface area contributed by atoms with Gasteiger partial charge in [-0.15, -0.1) is 11.3 Å². The molecular formula is C12H14FNOS. The van der Waals surface area contributed by atoms with Crippen LogP contribution in [0, 0.1) is 12.7 Å². The first-order valence-electron chi connectivity index (χ1n) is 5.07. The lowest BCUT2D eigenvalue weighted by Crippen LogP contribution is -2.07. The van der Waals surface area contributed by atoms with Crippen molar-refractivity contribution in [1.29, 1.82) is 0 Å². The van der Waals surface area contributed by atoms with Gasteiger partial charge in [-0.05, 0) is 36.1 Å². The van der Waals surface area contributed by atoms with Crippen molar-refractivity contribution in [2.24, 2.45) is 5.73 Å². The predicted molar refractivity (Wildman–Crippen MR) is 66.4 cm³/mol. The summed E-state index contributed by atoms with van der Waals surface area (Å²) in [5.74, 6) is -0.726. The number of amides is 1. The van der Waals surface area contributed by atoms with Gasteiger partial charge in [-0.25, -0.2) is 4.39 Å². The Morgan fingerprint density at radius 3 is 2.50 bits per heavy atom. The number of nitrogens with two attached hydrogens (primary N) is 1. The fourth-order valence-electron chi connectivity index (χ4n) is 1.28. The van der Waals surface area contributed by atoms with E-state index in [1.54, 1.807) is 19.1 Å². The molecule has 0 saturated carbocycles. The number of carbonyl (C=O) groups excluding carboxylic acids is 1. The third kappa shape index (κ3) is 2.39. The maximum Gasteiger partial charge on any atom is 0.258 e. The van der Waals surface area contributed by atoms with Crippen LogP contribution in [0.2, 0.25) is 0 Å². The van der Waals surface area contributed by atoms with Crippen molar-refractivity contribution < 1.29 is 9.18 Å². The zero-order valence-corrected chi connectivity index (χ0v) is 10.3. The van der Waals surface area contributed by atoms with Crippen LogP contribution in [0.5, 0.6) is 0 Å². The van der Waals surface area contributed by atoms with Crippen LogP contribution in [0.3, 0.4) is 0 Å². The molecule has 0 spiro atoms. The average Bonchev–Trinajstić information content (AvgIpc) is 2.65. The second kappa shape index (κ2) is 5.07. The second-order valence-corrected chi connectivity index (χ2v) is 4.20. The Hall–Kier alpha value is -1.42. The van der Waals surface area contributed by atoms with E-state index >= 15 is 0 Å². The Morgan fingerprint density at radius 2 is 1.94 bits per heavy atom. The fourth-order valence-corrected chi connectivity index (χ4v) is 2.28. The van der Waals surface area contributed by atoms with Crippen molar-refractivity contribution in [1.82, 2.24) is 0 Å². The van der Waals surface area contributed by atoms with E-state index in [0.29, 0.717) is 10.4 Å². The fraction of sp³-hybridized carbons (Fsp3) is 0.250. The highest BCUT2D eigenvalue weighted by atomic mass is 32.1. The topological polar surface area (TPSA) is 43.1 Å². The number of benzene rings is 1. The molecule has 1 amide bonds. The Balaban J connectivity index is 0.000000606. The van der Waals surface area contributed by atoms with Gasteiger partial charge >= 0.3 is 0 Å². The highest BCUT2D eigenvalue weighted by molar-refractivity contribution is 7.20. The smallest absolute Gasteiger partial charge is 0.258 e. The van der Waals surface area contributed by atoms with Gasteiger partial charge in [-0.2, -0.15) is 0 Å². The Labute approximate surface area is 97.9 Å². The number of fused-ring (bicyclic) bond motifs is 1. The van der Waals surface area contributed by atoms with Gasteiger partial charge in [0.05, 0.1) is 4.88 Å². The summed E-state index contributed by atoms with van der Waals surface area (Å²) < 4.78 is 14.0. The number of primary amides is 1. The molecule has 0 fully saturated rings. The van der Waals surface area contributed by atoms with E-state index < -0.39 is 5.91 Å². The normalized spacial score (nSPS) is 9.75. The van der Waals surface area contributed by atoms with Crippen LogP contribution in [0.1, 0.15) is 29.1 Å². The molecule has 0 bridgehead atoms. The van der Waals surface area contributed by atoms with E-state index in [9.17, 15) is 9.18 Å². The van der Waals surface area contributed by atoms with Crippen molar-refractivity contribution in [3.63, 3.8) is 0 Å². The lowest BCUT2D eigenvalue weighted by atomic mass is 10.2. The molecule has 2 rings (SSSR count). The van der Waals surface area contributed by atoms with Gasteiger partial charge < -0.3 is 5.73 Å². The maximum absolute atomic E-state index is 13.1. The summed E-state index contributed by atoms with van der Waals surface area (Å²) in [6, 6.07) is 4.76. The minimum absolute atomic E-state index is 0.258. The molecule has 0 aliphatic rings. The largest absolute Gasteiger partial charge is 0.365 e. The lowest BCUT2D eigenvalue weighted by Gasteiger charge is -1.94. The van der Waals surface area contributed by atoms with E-state index in [1.165, 1.54) is 17.4 Å². The summed E-state index contributed by atoms with van der Waals surface area (Å²) in [5.41, 5.74) is 5.71. The summed E-state index contributed by atoms with van der Waals surface area (Å²) in [4.78, 5) is 11.3. The molecule has 0 unspecified atom stereocenters. The Morgan fingerprint density at radius 1 is 1.31 bits per heavy atom. The van der Waals surface area contributed by atoms with Gasteiger partial charge in [-0.3, -0.25) is 4.79 Å². The molecule has 2 aromatic rings. The van der Waals surface area contributed by atoms with Gasteiger partial charge in [0.2, 0.25) is 0 Å². The summed E-state index contributed by atoms with van der Waals surface area (Å²) in [6.45, 7) is 5.69. The molecule has 0 saturated heterocycles. The standard InChI is InChI=1S/C10H8FNOS.C2H6/c1-5-2-8-6(3-7(5)11)4-9(14-8)10(12)13;1-2/h2-4H,1H3,(H2,12,13);1-2H3. The van der Waals surface area contributed by atoms with E-state index in [2.05, 4.69) is 0 Å². The molecule has 4 heteroatoms. The number of aryl methyl sites for hydroxylation is 1. The highest BCUT2D eigenvalue weighted by Gasteiger charge is 2.08. The monoisotopic (exact) mass is 239 g/mol. The number of carbonyl (C=O) groups is 1. The number of thiophene rings is 1. The van der Waals surface area contributed by atoms with E-state index in [4.69, 9.17) is 5.73 Å². The summed E-state index contributed by atoms with van der Waals surface area (Å²) >= 11 is 1.29. The maximum atomic E-state index is 13.1. The first-order valence-corrected chi connectivity index (χ1v) is 5.89. The molecule has 1 aromatic heterocycles. The third-order valence-corrected chi connectivity index (χ3v) is 3.15. The van der Waals surface area contributed by atoms with Crippen molar-refractivity contribution in [2.75, 3.05) is 0 Å². The summed E-state index contributed by atoms with van der Waals surface area (Å²) in [6.07, 6.45) is 0. The molecule has 1 heterocycles. The zero-order valence-electron chi connectivity index (χ0n) is 9.50. The molecule has 16 heavy (non-hydrogen) atoms. The highest BCUT2D eigenvalue weighted by Crippen LogP contribution is 2.27. The van der Waals surface area contributed by atoms with Gasteiger partial charge in [0.25, 0.3) is 5.91 Å². The van der Waals surface area contributed by atoms with Crippen LogP contribution < -0.4 is 5.73 Å². The quantitative estimate of drug-likeness (QED) is 0.813. The van der Waals surface area contributed by atoms with E-state index in [0.717, 1.165) is 10.1 Å². The van der Waals surface area contributed by atoms with Crippen molar-refractivity contribution in [3.05, 3.63) is 34.5 Å². The number of hydrogen-bond acceptors (Lipinski definition) is 2. The van der Waals surface area contributed by atoms with Crippen LogP contribution in [-0.2, 0) is 0 Å². The van der Waals surface area contributed by atoms with Gasteiger partial charge in [0.15, 0.2) is 0 Å². The minimum Gasteiger partial charge on any atom is -0.365 e. The second-order valence-electron chi connectivity index (χ2n) is 3.11. The molecule has 0 aliphatic heterocycles. The third-order valence-electron chi connectivity index (χ3n) is 2.04. The average molecular weight is 239 g/mol. The van der Waals surface area contributed by atoms with Crippen LogP contribution >= 0.6 is 11.3 Å². The first-order chi connectivity index (χ1) is 7.58. The van der Waals surface area contributed by atoms with Crippen molar-refractivity contribution in [3.8, 4) is 0 Å². The zero-order chi connectivity index (χ0) is 12.3. The van der Waals surface area contributed by atoms with Crippen molar-refractivity contribution >= 4 is 27.3 Å². The molecule has 1 aromatic carbocycles. The van der Waals surface area contributed by atoms with Gasteiger partial charge in [0.1, 0.15) is 5.82 Å². The first kappa shape index (κ1) is 12.6. The molecule has 86 valence electrons. The Bertz CT molecular complexity index is 480. The SMILES string of the molecule is CC.Cc1cc2sc(C(N)=O)cc2cc1F. The van der Waals surface area contributed by atoms with Crippen LogP contribution in [-0.4, -0.2) is 5.91 Å². The van der Waals surface area contributed by atoms with Crippen LogP contribution in [0.4, 0.5) is 4.39 Å². The predicted octanol–water partition coefficient (Wildman–Crippen LogP) is 3.47. The molecule has 0 aliphatic carbocycles. The molecular weight excluding hydrogens is 225 g/mol. The number of rotatable bonds is 1.